The first-order valence-electron chi connectivity index (χ1n) is 8.97. The van der Waals surface area contributed by atoms with Crippen molar-refractivity contribution in [3.8, 4) is 17.0 Å². The summed E-state index contributed by atoms with van der Waals surface area (Å²) in [5.41, 5.74) is 9.22. The lowest BCUT2D eigenvalue weighted by Crippen LogP contribution is -2.51. The van der Waals surface area contributed by atoms with Crippen LogP contribution in [0.15, 0.2) is 54.7 Å². The van der Waals surface area contributed by atoms with Crippen molar-refractivity contribution in [2.24, 2.45) is 0 Å². The molecule has 3 aliphatic rings. The lowest BCUT2D eigenvalue weighted by atomic mass is 9.65. The zero-order valence-electron chi connectivity index (χ0n) is 14.4. The van der Waals surface area contributed by atoms with E-state index in [1.54, 1.807) is 0 Å². The highest BCUT2D eigenvalue weighted by molar-refractivity contribution is 6.77. The smallest absolute Gasteiger partial charge is 0.525 e. The number of hydrogen-bond acceptors (Lipinski definition) is 2. The molecule has 120 valence electrons. The van der Waals surface area contributed by atoms with E-state index in [0.717, 1.165) is 12.3 Å². The van der Waals surface area contributed by atoms with Crippen molar-refractivity contribution in [1.29, 1.82) is 0 Å². The molecule has 0 N–H and O–H groups in total. The van der Waals surface area contributed by atoms with Crippen LogP contribution in [0.25, 0.3) is 11.3 Å². The van der Waals surface area contributed by atoms with Gasteiger partial charge in [-0.15, -0.1) is 0 Å². The fraction of sp³-hybridized carbons (Fsp3) is 0.190. The van der Waals surface area contributed by atoms with E-state index in [2.05, 4.69) is 71.9 Å². The number of pyridine rings is 1. The summed E-state index contributed by atoms with van der Waals surface area (Å²) < 4.78 is 8.82. The molecule has 3 nitrogen and oxygen atoms in total. The second-order valence-electron chi connectivity index (χ2n) is 7.48. The normalized spacial score (nSPS) is 15.2. The average Bonchev–Trinajstić information content (AvgIpc) is 3.19. The van der Waals surface area contributed by atoms with Gasteiger partial charge in [0.1, 0.15) is 11.4 Å². The predicted octanol–water partition coefficient (Wildman–Crippen LogP) is 3.37. The van der Waals surface area contributed by atoms with Gasteiger partial charge in [-0.25, -0.2) is 0 Å². The van der Waals surface area contributed by atoms with Crippen molar-refractivity contribution in [3.05, 3.63) is 65.9 Å². The third-order valence-corrected chi connectivity index (χ3v) is 5.69. The third kappa shape index (κ3) is 1.60. The molecule has 6 rings (SSSR count). The van der Waals surface area contributed by atoms with Crippen molar-refractivity contribution < 1.29 is 9.22 Å². The highest BCUT2D eigenvalue weighted by Crippen LogP contribution is 2.48. The summed E-state index contributed by atoms with van der Waals surface area (Å²) in [6.45, 7) is 5.48. The van der Waals surface area contributed by atoms with Gasteiger partial charge in [0, 0.05) is 16.6 Å². The molecule has 2 aromatic carbocycles. The van der Waals surface area contributed by atoms with Crippen LogP contribution in [0.3, 0.4) is 0 Å². The third-order valence-electron chi connectivity index (χ3n) is 5.69. The Bertz CT molecular complexity index is 1060. The molecule has 25 heavy (non-hydrogen) atoms. The van der Waals surface area contributed by atoms with Gasteiger partial charge in [0.25, 0.3) is 0 Å². The van der Waals surface area contributed by atoms with Crippen LogP contribution >= 0.6 is 0 Å². The van der Waals surface area contributed by atoms with E-state index in [1.807, 2.05) is 6.07 Å². The number of aromatic nitrogens is 1. The topological polar surface area (TPSA) is 16.4 Å². The van der Waals surface area contributed by atoms with E-state index in [4.69, 9.17) is 4.65 Å². The molecule has 0 bridgehead atoms. The fourth-order valence-electron chi connectivity index (χ4n) is 4.49. The van der Waals surface area contributed by atoms with Gasteiger partial charge in [0.05, 0.1) is 11.3 Å². The Balaban J connectivity index is 1.72. The Morgan fingerprint density at radius 2 is 1.96 bits per heavy atom. The largest absolute Gasteiger partial charge is 0.536 e. The lowest BCUT2D eigenvalue weighted by Gasteiger charge is -2.28. The number of fused-ring (bicyclic) bond motifs is 5. The Morgan fingerprint density at radius 3 is 2.84 bits per heavy atom. The molecule has 1 aromatic heterocycles. The fourth-order valence-corrected chi connectivity index (χ4v) is 4.49. The van der Waals surface area contributed by atoms with Crippen molar-refractivity contribution in [2.45, 2.75) is 26.3 Å². The van der Waals surface area contributed by atoms with Crippen LogP contribution in [0.4, 0.5) is 11.4 Å². The van der Waals surface area contributed by atoms with Crippen molar-refractivity contribution in [2.75, 3.05) is 4.81 Å². The molecule has 4 heteroatoms. The molecule has 0 radical (unpaired) electrons. The minimum Gasteiger partial charge on any atom is -0.536 e. The lowest BCUT2D eigenvalue weighted by molar-refractivity contribution is -0.672. The first-order chi connectivity index (χ1) is 12.2. The van der Waals surface area contributed by atoms with Crippen LogP contribution in [0.5, 0.6) is 5.75 Å². The predicted molar refractivity (Wildman–Crippen MR) is 99.9 cm³/mol. The monoisotopic (exact) mass is 325 g/mol. The molecule has 3 aliphatic heterocycles. The van der Waals surface area contributed by atoms with Gasteiger partial charge in [-0.1, -0.05) is 44.2 Å². The van der Waals surface area contributed by atoms with Crippen LogP contribution in [-0.4, -0.2) is 7.05 Å². The highest BCUT2D eigenvalue weighted by Gasteiger charge is 2.50. The molecule has 0 spiro atoms. The van der Waals surface area contributed by atoms with Crippen LogP contribution in [0.1, 0.15) is 30.9 Å². The SMILES string of the molecule is CC(C)c1cc2c3[n+](c1)Cc1cccc(c1-3)B1Oc3ccccc3N12. The van der Waals surface area contributed by atoms with Gasteiger partial charge >= 0.3 is 7.05 Å². The second-order valence-corrected chi connectivity index (χ2v) is 7.48. The van der Waals surface area contributed by atoms with Gasteiger partial charge in [-0.3, -0.25) is 0 Å². The van der Waals surface area contributed by atoms with Crippen molar-refractivity contribution >= 4 is 23.9 Å². The van der Waals surface area contributed by atoms with Gasteiger partial charge in [0.15, 0.2) is 12.7 Å². The maximum absolute atomic E-state index is 6.39. The Labute approximate surface area is 147 Å². The Kier molecular flexibility index (Phi) is 2.41. The minimum absolute atomic E-state index is 0.0613. The maximum atomic E-state index is 6.39. The highest BCUT2D eigenvalue weighted by atomic mass is 16.5. The van der Waals surface area contributed by atoms with Gasteiger partial charge < -0.3 is 9.47 Å². The Morgan fingerprint density at radius 1 is 1.08 bits per heavy atom. The molecular weight excluding hydrogens is 307 g/mol. The van der Waals surface area contributed by atoms with Crippen LogP contribution < -0.4 is 19.5 Å². The van der Waals surface area contributed by atoms with Crippen molar-refractivity contribution in [1.82, 2.24) is 0 Å². The number of hydrogen-bond donors (Lipinski definition) is 0. The summed E-state index contributed by atoms with van der Waals surface area (Å²) in [5.74, 6) is 1.47. The molecule has 0 saturated heterocycles. The molecule has 0 aliphatic carbocycles. The van der Waals surface area contributed by atoms with Crippen LogP contribution in [0.2, 0.25) is 0 Å². The first kappa shape index (κ1) is 13.5. The quantitative estimate of drug-likeness (QED) is 0.394. The maximum Gasteiger partial charge on any atom is 0.525 e. The molecule has 0 fully saturated rings. The zero-order chi connectivity index (χ0) is 16.7. The summed E-state index contributed by atoms with van der Waals surface area (Å²) in [6, 6.07) is 17.4. The summed E-state index contributed by atoms with van der Waals surface area (Å²) >= 11 is 0. The molecule has 0 atom stereocenters. The summed E-state index contributed by atoms with van der Waals surface area (Å²) in [7, 11) is -0.0613. The number of benzene rings is 2. The molecule has 0 amide bonds. The molecular formula is C21H18BN2O+. The first-order valence-corrected chi connectivity index (χ1v) is 8.97. The van der Waals surface area contributed by atoms with E-state index >= 15 is 0 Å². The van der Waals surface area contributed by atoms with Gasteiger partial charge in [-0.05, 0) is 24.1 Å². The summed E-state index contributed by atoms with van der Waals surface area (Å²) in [4.78, 5) is 2.38. The van der Waals surface area contributed by atoms with E-state index in [0.29, 0.717) is 5.92 Å². The molecule has 0 unspecified atom stereocenters. The average molecular weight is 325 g/mol. The van der Waals surface area contributed by atoms with E-state index in [1.165, 1.54) is 39.2 Å². The Hall–Kier alpha value is -2.75. The van der Waals surface area contributed by atoms with E-state index in [9.17, 15) is 0 Å². The zero-order valence-corrected chi connectivity index (χ0v) is 14.4. The molecule has 0 saturated carbocycles. The standard InChI is InChI=1S/C21H18BN2O/c1-13(2)15-10-18-21-20-14(11-23(21)12-15)6-5-7-16(20)22-24(18)17-8-3-4-9-19(17)25-22/h3-10,12-13H,11H2,1-2H3/q+1. The van der Waals surface area contributed by atoms with E-state index in [-0.39, 0.29) is 7.05 Å². The number of anilines is 2. The number of nitrogens with zero attached hydrogens (tertiary/aromatic N) is 2. The summed E-state index contributed by atoms with van der Waals surface area (Å²) in [5, 5.41) is 0. The second kappa shape index (κ2) is 4.45. The number of rotatable bonds is 1. The molecule has 4 heterocycles. The van der Waals surface area contributed by atoms with Gasteiger partial charge in [0.2, 0.25) is 5.69 Å². The van der Waals surface area contributed by atoms with Crippen LogP contribution in [0, 0.1) is 0 Å². The van der Waals surface area contributed by atoms with Crippen LogP contribution in [-0.2, 0) is 6.54 Å². The molecule has 3 aromatic rings. The van der Waals surface area contributed by atoms with E-state index < -0.39 is 0 Å². The van der Waals surface area contributed by atoms with Gasteiger partial charge in [-0.2, -0.15) is 4.57 Å². The number of para-hydroxylation sites is 2. The minimum atomic E-state index is -0.0613. The summed E-state index contributed by atoms with van der Waals surface area (Å²) in [6.07, 6.45) is 2.33. The van der Waals surface area contributed by atoms with Crippen molar-refractivity contribution in [3.63, 3.8) is 0 Å².